The van der Waals surface area contributed by atoms with Crippen molar-refractivity contribution >= 4 is 23.2 Å². The second-order valence-electron chi connectivity index (χ2n) is 6.50. The number of rotatable bonds is 6. The number of nitrogens with zero attached hydrogens (tertiary/aromatic N) is 1. The van der Waals surface area contributed by atoms with Crippen LogP contribution in [0.3, 0.4) is 0 Å². The fourth-order valence-corrected chi connectivity index (χ4v) is 3.07. The lowest BCUT2D eigenvalue weighted by Crippen LogP contribution is -2.23. The summed E-state index contributed by atoms with van der Waals surface area (Å²) in [4.78, 5) is 23.9. The number of amides is 2. The number of anilines is 1. The monoisotopic (exact) mass is 329 g/mol. The molecule has 1 aromatic carbocycles. The normalized spacial score (nSPS) is 18.6. The van der Waals surface area contributed by atoms with Crippen LogP contribution >= 0.6 is 0 Å². The molecule has 1 atom stereocenters. The number of carbonyl (C=O) groups excluding carboxylic acids is 2. The van der Waals surface area contributed by atoms with Crippen LogP contribution in [0.25, 0.3) is 0 Å². The number of hydrogen-bond donors (Lipinski definition) is 2. The van der Waals surface area contributed by atoms with Crippen LogP contribution in [-0.2, 0) is 9.59 Å². The van der Waals surface area contributed by atoms with E-state index in [1.807, 2.05) is 32.0 Å². The predicted molar refractivity (Wildman–Crippen MR) is 97.0 cm³/mol. The molecule has 1 aliphatic carbocycles. The first kappa shape index (κ1) is 18.2. The van der Waals surface area contributed by atoms with Crippen molar-refractivity contribution < 1.29 is 9.59 Å². The standard InChI is InChI=1S/C19H27N3O2/c1-4-15-6-5-7-17(15)21-22-19(24)11-10-18(23)20-16-9-8-13(2)12-14(16)3/h8-9,12,15H,4-7,10-11H2,1-3H3,(H,20,23)(H,22,24). The van der Waals surface area contributed by atoms with E-state index in [-0.39, 0.29) is 24.7 Å². The van der Waals surface area contributed by atoms with Crippen molar-refractivity contribution in [2.24, 2.45) is 11.0 Å². The Kier molecular flexibility index (Phi) is 6.53. The van der Waals surface area contributed by atoms with Crippen LogP contribution in [0.5, 0.6) is 0 Å². The minimum Gasteiger partial charge on any atom is -0.326 e. The second-order valence-corrected chi connectivity index (χ2v) is 6.50. The van der Waals surface area contributed by atoms with Crippen molar-refractivity contribution in [2.45, 2.75) is 59.3 Å². The van der Waals surface area contributed by atoms with Crippen LogP contribution in [0.1, 0.15) is 56.6 Å². The van der Waals surface area contributed by atoms with Crippen LogP contribution in [0.15, 0.2) is 23.3 Å². The Labute approximate surface area is 143 Å². The van der Waals surface area contributed by atoms with Crippen molar-refractivity contribution in [3.8, 4) is 0 Å². The molecule has 0 heterocycles. The number of benzene rings is 1. The molecular formula is C19H27N3O2. The summed E-state index contributed by atoms with van der Waals surface area (Å²) in [6.07, 6.45) is 4.62. The zero-order valence-corrected chi connectivity index (χ0v) is 14.8. The van der Waals surface area contributed by atoms with E-state index >= 15 is 0 Å². The molecule has 2 amide bonds. The molecular weight excluding hydrogens is 302 g/mol. The van der Waals surface area contributed by atoms with E-state index in [9.17, 15) is 9.59 Å². The Balaban J connectivity index is 1.77. The maximum Gasteiger partial charge on any atom is 0.240 e. The van der Waals surface area contributed by atoms with Gasteiger partial charge >= 0.3 is 0 Å². The largest absolute Gasteiger partial charge is 0.326 e. The van der Waals surface area contributed by atoms with Gasteiger partial charge in [-0.05, 0) is 57.1 Å². The van der Waals surface area contributed by atoms with Gasteiger partial charge in [0.15, 0.2) is 0 Å². The summed E-state index contributed by atoms with van der Waals surface area (Å²) in [6, 6.07) is 5.86. The summed E-state index contributed by atoms with van der Waals surface area (Å²) in [7, 11) is 0. The van der Waals surface area contributed by atoms with Crippen molar-refractivity contribution in [1.82, 2.24) is 5.43 Å². The minimum absolute atomic E-state index is 0.143. The van der Waals surface area contributed by atoms with Gasteiger partial charge in [0.05, 0.1) is 0 Å². The SMILES string of the molecule is CCC1CCCC1=NNC(=O)CCC(=O)Nc1ccc(C)cc1C. The molecule has 2 N–H and O–H groups in total. The van der Waals surface area contributed by atoms with E-state index in [0.717, 1.165) is 48.2 Å². The van der Waals surface area contributed by atoms with Crippen molar-refractivity contribution in [3.05, 3.63) is 29.3 Å². The van der Waals surface area contributed by atoms with Gasteiger partial charge in [-0.15, -0.1) is 0 Å². The summed E-state index contributed by atoms with van der Waals surface area (Å²) in [6.45, 7) is 6.11. The van der Waals surface area contributed by atoms with Crippen LogP contribution in [0, 0.1) is 19.8 Å². The highest BCUT2D eigenvalue weighted by Crippen LogP contribution is 2.24. The quantitative estimate of drug-likeness (QED) is 0.781. The van der Waals surface area contributed by atoms with Crippen LogP contribution < -0.4 is 10.7 Å². The molecule has 5 heteroatoms. The summed E-state index contributed by atoms with van der Waals surface area (Å²) >= 11 is 0. The van der Waals surface area contributed by atoms with Crippen LogP contribution in [0.2, 0.25) is 0 Å². The molecule has 1 saturated carbocycles. The number of aryl methyl sites for hydroxylation is 2. The molecule has 2 rings (SSSR count). The van der Waals surface area contributed by atoms with E-state index in [1.165, 1.54) is 0 Å². The number of hydrogen-bond acceptors (Lipinski definition) is 3. The van der Waals surface area contributed by atoms with Crippen molar-refractivity contribution in [2.75, 3.05) is 5.32 Å². The third-order valence-electron chi connectivity index (χ3n) is 4.51. The Morgan fingerprint density at radius 2 is 1.96 bits per heavy atom. The molecule has 0 spiro atoms. The van der Waals surface area contributed by atoms with Gasteiger partial charge in [-0.25, -0.2) is 5.43 Å². The average Bonchev–Trinajstić information content (AvgIpc) is 3.01. The number of carbonyl (C=O) groups is 2. The van der Waals surface area contributed by atoms with Gasteiger partial charge in [-0.1, -0.05) is 24.6 Å². The first-order chi connectivity index (χ1) is 11.5. The molecule has 0 aliphatic heterocycles. The minimum atomic E-state index is -0.208. The Hall–Kier alpha value is -2.17. The van der Waals surface area contributed by atoms with Gasteiger partial charge in [-0.2, -0.15) is 5.10 Å². The fourth-order valence-electron chi connectivity index (χ4n) is 3.07. The van der Waals surface area contributed by atoms with E-state index in [0.29, 0.717) is 5.92 Å². The van der Waals surface area contributed by atoms with Gasteiger partial charge in [0.1, 0.15) is 0 Å². The lowest BCUT2D eigenvalue weighted by molar-refractivity contribution is -0.124. The molecule has 24 heavy (non-hydrogen) atoms. The average molecular weight is 329 g/mol. The fraction of sp³-hybridized carbons (Fsp3) is 0.526. The molecule has 1 aliphatic rings. The Morgan fingerprint density at radius 3 is 2.67 bits per heavy atom. The van der Waals surface area contributed by atoms with Gasteiger partial charge in [0.2, 0.25) is 11.8 Å². The summed E-state index contributed by atoms with van der Waals surface area (Å²) < 4.78 is 0. The molecule has 0 aromatic heterocycles. The lowest BCUT2D eigenvalue weighted by Gasteiger charge is -2.09. The highest BCUT2D eigenvalue weighted by molar-refractivity contribution is 5.94. The first-order valence-electron chi connectivity index (χ1n) is 8.72. The van der Waals surface area contributed by atoms with E-state index < -0.39 is 0 Å². The van der Waals surface area contributed by atoms with Crippen molar-refractivity contribution in [1.29, 1.82) is 0 Å². The number of nitrogens with one attached hydrogen (secondary N) is 2. The topological polar surface area (TPSA) is 70.6 Å². The highest BCUT2D eigenvalue weighted by atomic mass is 16.2. The Morgan fingerprint density at radius 1 is 1.21 bits per heavy atom. The molecule has 0 saturated heterocycles. The van der Waals surface area contributed by atoms with E-state index in [2.05, 4.69) is 22.8 Å². The second kappa shape index (κ2) is 8.62. The predicted octanol–water partition coefficient (Wildman–Crippen LogP) is 3.70. The van der Waals surface area contributed by atoms with Crippen LogP contribution in [-0.4, -0.2) is 17.5 Å². The lowest BCUT2D eigenvalue weighted by atomic mass is 10.0. The molecule has 0 radical (unpaired) electrons. The molecule has 130 valence electrons. The maximum absolute atomic E-state index is 12.0. The summed E-state index contributed by atoms with van der Waals surface area (Å²) in [5.74, 6) is 0.134. The smallest absolute Gasteiger partial charge is 0.240 e. The third kappa shape index (κ3) is 5.18. The van der Waals surface area contributed by atoms with Gasteiger partial charge in [0.25, 0.3) is 0 Å². The number of hydrazone groups is 1. The molecule has 1 fully saturated rings. The molecule has 1 unspecified atom stereocenters. The molecule has 1 aromatic rings. The molecule has 5 nitrogen and oxygen atoms in total. The molecule has 0 bridgehead atoms. The van der Waals surface area contributed by atoms with Crippen molar-refractivity contribution in [3.63, 3.8) is 0 Å². The van der Waals surface area contributed by atoms with E-state index in [4.69, 9.17) is 0 Å². The first-order valence-corrected chi connectivity index (χ1v) is 8.72. The zero-order valence-electron chi connectivity index (χ0n) is 14.8. The van der Waals surface area contributed by atoms with Gasteiger partial charge < -0.3 is 5.32 Å². The summed E-state index contributed by atoms with van der Waals surface area (Å²) in [5, 5.41) is 7.10. The summed E-state index contributed by atoms with van der Waals surface area (Å²) in [5.41, 5.74) is 6.65. The zero-order chi connectivity index (χ0) is 17.5. The van der Waals surface area contributed by atoms with Crippen LogP contribution in [0.4, 0.5) is 5.69 Å². The Bertz CT molecular complexity index is 637. The van der Waals surface area contributed by atoms with E-state index in [1.54, 1.807) is 0 Å². The van der Waals surface area contributed by atoms with Gasteiger partial charge in [-0.3, -0.25) is 9.59 Å². The van der Waals surface area contributed by atoms with Gasteiger partial charge in [0, 0.05) is 24.2 Å². The maximum atomic E-state index is 12.0. The third-order valence-corrected chi connectivity index (χ3v) is 4.51. The highest BCUT2D eigenvalue weighted by Gasteiger charge is 2.21.